The van der Waals surface area contributed by atoms with Crippen molar-refractivity contribution in [2.45, 2.75) is 13.5 Å². The maximum atomic E-state index is 12.2. The van der Waals surface area contributed by atoms with Crippen molar-refractivity contribution in [2.75, 3.05) is 5.73 Å². The number of fused-ring (bicyclic) bond motifs is 1. The highest BCUT2D eigenvalue weighted by Crippen LogP contribution is 2.19. The summed E-state index contributed by atoms with van der Waals surface area (Å²) in [6.45, 7) is 2.23. The van der Waals surface area contributed by atoms with E-state index in [1.807, 2.05) is 37.3 Å². The Labute approximate surface area is 115 Å². The number of nitrogens with two attached hydrogens (primary N) is 1. The first-order chi connectivity index (χ1) is 9.66. The molecule has 2 N–H and O–H groups in total. The van der Waals surface area contributed by atoms with Gasteiger partial charge in [0.05, 0.1) is 12.2 Å². The molecule has 1 aromatic carbocycles. The van der Waals surface area contributed by atoms with E-state index in [4.69, 9.17) is 5.73 Å². The van der Waals surface area contributed by atoms with Crippen LogP contribution < -0.4 is 11.4 Å². The lowest BCUT2D eigenvalue weighted by Gasteiger charge is -2.11. The van der Waals surface area contributed by atoms with Gasteiger partial charge in [-0.1, -0.05) is 30.3 Å². The van der Waals surface area contributed by atoms with Gasteiger partial charge in [0.1, 0.15) is 11.3 Å². The molecule has 100 valence electrons. The third kappa shape index (κ3) is 2.03. The van der Waals surface area contributed by atoms with Gasteiger partial charge in [-0.2, -0.15) is 4.98 Å². The smallest absolute Gasteiger partial charge is 0.350 e. The number of aromatic nitrogens is 3. The second-order valence-electron chi connectivity index (χ2n) is 4.64. The number of hydrogen-bond donors (Lipinski definition) is 1. The van der Waals surface area contributed by atoms with Crippen LogP contribution in [-0.2, 0) is 6.54 Å². The van der Waals surface area contributed by atoms with Gasteiger partial charge >= 0.3 is 5.69 Å². The van der Waals surface area contributed by atoms with E-state index in [9.17, 15) is 4.79 Å². The molecule has 0 aliphatic carbocycles. The van der Waals surface area contributed by atoms with Crippen LogP contribution in [0.3, 0.4) is 0 Å². The third-order valence-electron chi connectivity index (χ3n) is 3.30. The summed E-state index contributed by atoms with van der Waals surface area (Å²) >= 11 is 0. The number of pyridine rings is 1. The zero-order chi connectivity index (χ0) is 14.1. The second-order valence-corrected chi connectivity index (χ2v) is 4.64. The minimum absolute atomic E-state index is 0.352. The number of anilines is 1. The zero-order valence-corrected chi connectivity index (χ0v) is 11.1. The summed E-state index contributed by atoms with van der Waals surface area (Å²) in [5.74, 6) is 0.425. The quantitative estimate of drug-likeness (QED) is 0.766. The Morgan fingerprint density at radius 1 is 1.20 bits per heavy atom. The zero-order valence-electron chi connectivity index (χ0n) is 11.1. The molecule has 5 nitrogen and oxygen atoms in total. The fourth-order valence-electron chi connectivity index (χ4n) is 2.23. The SMILES string of the molecule is Cc1nccc2c(N)n(Cc3ccccc3)c(=O)nc12. The third-order valence-corrected chi connectivity index (χ3v) is 3.30. The van der Waals surface area contributed by atoms with E-state index < -0.39 is 0 Å². The first kappa shape index (κ1) is 12.3. The van der Waals surface area contributed by atoms with Crippen molar-refractivity contribution >= 4 is 16.7 Å². The van der Waals surface area contributed by atoms with E-state index in [2.05, 4.69) is 9.97 Å². The summed E-state index contributed by atoms with van der Waals surface area (Å²) in [5, 5.41) is 0.757. The molecule has 0 radical (unpaired) electrons. The molecule has 0 bridgehead atoms. The van der Waals surface area contributed by atoms with E-state index in [1.54, 1.807) is 12.3 Å². The van der Waals surface area contributed by atoms with Gasteiger partial charge in [0.25, 0.3) is 0 Å². The lowest BCUT2D eigenvalue weighted by atomic mass is 10.2. The highest BCUT2D eigenvalue weighted by atomic mass is 16.1. The molecule has 0 atom stereocenters. The highest BCUT2D eigenvalue weighted by molar-refractivity contribution is 5.89. The highest BCUT2D eigenvalue weighted by Gasteiger charge is 2.10. The molecular formula is C15H14N4O. The van der Waals surface area contributed by atoms with Crippen molar-refractivity contribution < 1.29 is 0 Å². The summed E-state index contributed by atoms with van der Waals surface area (Å²) in [6.07, 6.45) is 1.67. The van der Waals surface area contributed by atoms with Crippen molar-refractivity contribution in [3.63, 3.8) is 0 Å². The number of benzene rings is 1. The number of nitrogen functional groups attached to an aromatic ring is 1. The summed E-state index contributed by atoms with van der Waals surface area (Å²) in [7, 11) is 0. The van der Waals surface area contributed by atoms with Crippen LogP contribution in [0, 0.1) is 6.92 Å². The lowest BCUT2D eigenvalue weighted by Crippen LogP contribution is -2.26. The Kier molecular flexibility index (Phi) is 2.95. The molecule has 3 aromatic rings. The van der Waals surface area contributed by atoms with Crippen molar-refractivity contribution in [3.05, 3.63) is 64.3 Å². The minimum Gasteiger partial charge on any atom is -0.384 e. The van der Waals surface area contributed by atoms with Gasteiger partial charge in [-0.25, -0.2) is 4.79 Å². The molecular weight excluding hydrogens is 252 g/mol. The molecule has 0 saturated carbocycles. The van der Waals surface area contributed by atoms with Gasteiger partial charge in [-0.15, -0.1) is 0 Å². The standard InChI is InChI=1S/C15H14N4O/c1-10-13-12(7-8-17-10)14(16)19(15(20)18-13)9-11-5-3-2-4-6-11/h2-8H,9,16H2,1H3. The summed E-state index contributed by atoms with van der Waals surface area (Å²) in [5.41, 5.74) is 8.06. The van der Waals surface area contributed by atoms with Gasteiger partial charge in [0.2, 0.25) is 0 Å². The van der Waals surface area contributed by atoms with Crippen LogP contribution in [0.25, 0.3) is 10.9 Å². The Hall–Kier alpha value is -2.69. The van der Waals surface area contributed by atoms with Crippen LogP contribution in [-0.4, -0.2) is 14.5 Å². The predicted molar refractivity (Wildman–Crippen MR) is 78.5 cm³/mol. The number of aryl methyl sites for hydroxylation is 1. The molecule has 2 aromatic heterocycles. The van der Waals surface area contributed by atoms with Crippen molar-refractivity contribution in [1.82, 2.24) is 14.5 Å². The summed E-state index contributed by atoms with van der Waals surface area (Å²) < 4.78 is 1.48. The molecule has 20 heavy (non-hydrogen) atoms. The van der Waals surface area contributed by atoms with Crippen LogP contribution in [0.1, 0.15) is 11.3 Å². The fourth-order valence-corrected chi connectivity index (χ4v) is 2.23. The average molecular weight is 266 g/mol. The fraction of sp³-hybridized carbons (Fsp3) is 0.133. The molecule has 0 aliphatic rings. The predicted octanol–water partition coefficient (Wildman–Crippen LogP) is 1.73. The summed E-state index contributed by atoms with van der Waals surface area (Å²) in [4.78, 5) is 20.4. The first-order valence-corrected chi connectivity index (χ1v) is 6.32. The number of rotatable bonds is 2. The Balaban J connectivity index is 2.19. The van der Waals surface area contributed by atoms with E-state index in [-0.39, 0.29) is 5.69 Å². The minimum atomic E-state index is -0.352. The van der Waals surface area contributed by atoms with E-state index >= 15 is 0 Å². The monoisotopic (exact) mass is 266 g/mol. The van der Waals surface area contributed by atoms with Gasteiger partial charge in [-0.3, -0.25) is 9.55 Å². The van der Waals surface area contributed by atoms with Crippen LogP contribution in [0.4, 0.5) is 5.82 Å². The van der Waals surface area contributed by atoms with E-state index in [0.717, 1.165) is 10.9 Å². The Bertz CT molecular complexity index is 824. The normalized spacial score (nSPS) is 10.8. The molecule has 3 rings (SSSR count). The molecule has 0 saturated heterocycles. The van der Waals surface area contributed by atoms with Crippen LogP contribution in [0.2, 0.25) is 0 Å². The van der Waals surface area contributed by atoms with Crippen molar-refractivity contribution in [1.29, 1.82) is 0 Å². The maximum absolute atomic E-state index is 12.2. The Morgan fingerprint density at radius 2 is 1.95 bits per heavy atom. The van der Waals surface area contributed by atoms with Gasteiger partial charge < -0.3 is 5.73 Å². The van der Waals surface area contributed by atoms with Crippen molar-refractivity contribution in [3.8, 4) is 0 Å². The summed E-state index contributed by atoms with van der Waals surface area (Å²) in [6, 6.07) is 11.5. The Morgan fingerprint density at radius 3 is 2.70 bits per heavy atom. The van der Waals surface area contributed by atoms with Gasteiger partial charge in [-0.05, 0) is 18.6 Å². The first-order valence-electron chi connectivity index (χ1n) is 6.32. The molecule has 0 aliphatic heterocycles. The second kappa shape index (κ2) is 4.77. The number of nitrogens with zero attached hydrogens (tertiary/aromatic N) is 3. The lowest BCUT2D eigenvalue weighted by molar-refractivity contribution is 0.749. The van der Waals surface area contributed by atoms with E-state index in [0.29, 0.717) is 23.6 Å². The van der Waals surface area contributed by atoms with Crippen LogP contribution in [0.15, 0.2) is 47.4 Å². The van der Waals surface area contributed by atoms with Gasteiger partial charge in [0, 0.05) is 11.6 Å². The van der Waals surface area contributed by atoms with Crippen molar-refractivity contribution in [2.24, 2.45) is 0 Å². The maximum Gasteiger partial charge on any atom is 0.350 e. The van der Waals surface area contributed by atoms with Crippen LogP contribution >= 0.6 is 0 Å². The average Bonchev–Trinajstić information content (AvgIpc) is 2.46. The topological polar surface area (TPSA) is 73.8 Å². The molecule has 0 amide bonds. The molecule has 2 heterocycles. The van der Waals surface area contributed by atoms with Gasteiger partial charge in [0.15, 0.2) is 0 Å². The van der Waals surface area contributed by atoms with Crippen LogP contribution in [0.5, 0.6) is 0 Å². The molecule has 0 spiro atoms. The number of hydrogen-bond acceptors (Lipinski definition) is 4. The molecule has 0 unspecified atom stereocenters. The van der Waals surface area contributed by atoms with E-state index in [1.165, 1.54) is 4.57 Å². The molecule has 0 fully saturated rings. The molecule has 5 heteroatoms. The largest absolute Gasteiger partial charge is 0.384 e.